The highest BCUT2D eigenvalue weighted by Gasteiger charge is 2.26. The first-order valence-electron chi connectivity index (χ1n) is 7.55. The summed E-state index contributed by atoms with van der Waals surface area (Å²) in [5, 5.41) is 2.68. The average Bonchev–Trinajstić information content (AvgIpc) is 2.93. The van der Waals surface area contributed by atoms with E-state index in [9.17, 15) is 14.0 Å². The van der Waals surface area contributed by atoms with Crippen LogP contribution in [-0.2, 0) is 0 Å². The second-order valence-electron chi connectivity index (χ2n) is 6.58. The van der Waals surface area contributed by atoms with Gasteiger partial charge in [-0.05, 0) is 30.2 Å². The van der Waals surface area contributed by atoms with Crippen LogP contribution in [0.3, 0.4) is 0 Å². The number of nitrogens with zero attached hydrogens (tertiary/aromatic N) is 2. The zero-order valence-corrected chi connectivity index (χ0v) is 13.7. The second kappa shape index (κ2) is 6.54. The fourth-order valence-corrected chi connectivity index (χ4v) is 2.55. The minimum absolute atomic E-state index is 0.0440. The van der Waals surface area contributed by atoms with Crippen LogP contribution in [0.25, 0.3) is 0 Å². The molecule has 1 fully saturated rings. The van der Waals surface area contributed by atoms with E-state index in [0.29, 0.717) is 31.9 Å². The number of nitrogens with two attached hydrogens (primary N) is 1. The number of nitrogens with one attached hydrogen (secondary N) is 1. The molecule has 1 aromatic rings. The van der Waals surface area contributed by atoms with E-state index in [4.69, 9.17) is 5.73 Å². The first-order chi connectivity index (χ1) is 10.7. The molecule has 126 valence electrons. The summed E-state index contributed by atoms with van der Waals surface area (Å²) < 4.78 is 14.1. The fourth-order valence-electron chi connectivity index (χ4n) is 2.55. The zero-order valence-electron chi connectivity index (χ0n) is 13.7. The van der Waals surface area contributed by atoms with Gasteiger partial charge in [0.05, 0.1) is 5.56 Å². The Hall–Kier alpha value is -2.15. The Kier molecular flexibility index (Phi) is 4.89. The third-order valence-corrected chi connectivity index (χ3v) is 3.91. The highest BCUT2D eigenvalue weighted by atomic mass is 19.1. The molecule has 0 aromatic heterocycles. The maximum absolute atomic E-state index is 14.1. The predicted octanol–water partition coefficient (Wildman–Crippen LogP) is 1.41. The molecule has 0 atom stereocenters. The Morgan fingerprint density at radius 3 is 2.74 bits per heavy atom. The lowest BCUT2D eigenvalue weighted by Gasteiger charge is -2.29. The Morgan fingerprint density at radius 1 is 1.48 bits per heavy atom. The molecule has 1 saturated heterocycles. The molecule has 23 heavy (non-hydrogen) atoms. The van der Waals surface area contributed by atoms with Gasteiger partial charge in [-0.15, -0.1) is 0 Å². The molecular formula is C16H23FN4O2. The lowest BCUT2D eigenvalue weighted by atomic mass is 9.93. The normalized spacial score (nSPS) is 14.8. The Balaban J connectivity index is 2.24. The standard InChI is InChI=1S/C16H23FN4O2/c1-16(2,9-18)10-20(3)14(22)12-8-11(4-5-13(12)17)21-7-6-19-15(21)23/h4-5,8H,6-7,9-10,18H2,1-3H3,(H,19,23). The van der Waals surface area contributed by atoms with Crippen LogP contribution in [-0.4, -0.2) is 50.1 Å². The molecule has 1 aliphatic heterocycles. The van der Waals surface area contributed by atoms with Crippen molar-refractivity contribution in [3.05, 3.63) is 29.6 Å². The molecule has 1 aliphatic rings. The molecular weight excluding hydrogens is 299 g/mol. The van der Waals surface area contributed by atoms with Crippen LogP contribution in [0.15, 0.2) is 18.2 Å². The molecule has 0 spiro atoms. The van der Waals surface area contributed by atoms with Gasteiger partial charge in [0.1, 0.15) is 5.82 Å². The number of hydrogen-bond donors (Lipinski definition) is 2. The van der Waals surface area contributed by atoms with Crippen molar-refractivity contribution < 1.29 is 14.0 Å². The van der Waals surface area contributed by atoms with Gasteiger partial charge >= 0.3 is 6.03 Å². The van der Waals surface area contributed by atoms with E-state index in [1.54, 1.807) is 7.05 Å². The quantitative estimate of drug-likeness (QED) is 0.860. The van der Waals surface area contributed by atoms with Crippen LogP contribution in [0.5, 0.6) is 0 Å². The molecule has 0 saturated carbocycles. The average molecular weight is 322 g/mol. The molecule has 2 rings (SSSR count). The lowest BCUT2D eigenvalue weighted by Crippen LogP contribution is -2.40. The summed E-state index contributed by atoms with van der Waals surface area (Å²) in [4.78, 5) is 27.2. The van der Waals surface area contributed by atoms with E-state index in [0.717, 1.165) is 0 Å². The van der Waals surface area contributed by atoms with Crippen molar-refractivity contribution in [3.8, 4) is 0 Å². The minimum atomic E-state index is -0.601. The Bertz CT molecular complexity index is 618. The Labute approximate surface area is 135 Å². The topological polar surface area (TPSA) is 78.7 Å². The fraction of sp³-hybridized carbons (Fsp3) is 0.500. The van der Waals surface area contributed by atoms with Crippen molar-refractivity contribution in [2.24, 2.45) is 11.1 Å². The molecule has 7 heteroatoms. The van der Waals surface area contributed by atoms with Crippen LogP contribution in [0.4, 0.5) is 14.9 Å². The van der Waals surface area contributed by atoms with Gasteiger partial charge in [-0.1, -0.05) is 13.8 Å². The first-order valence-corrected chi connectivity index (χ1v) is 7.55. The van der Waals surface area contributed by atoms with Crippen LogP contribution in [0, 0.1) is 11.2 Å². The van der Waals surface area contributed by atoms with Crippen molar-refractivity contribution in [2.75, 3.05) is 38.1 Å². The molecule has 3 amide bonds. The summed E-state index contributed by atoms with van der Waals surface area (Å²) in [5.74, 6) is -1.03. The molecule has 0 bridgehead atoms. The molecule has 3 N–H and O–H groups in total. The Morgan fingerprint density at radius 2 is 2.17 bits per heavy atom. The summed E-state index contributed by atoms with van der Waals surface area (Å²) in [6, 6.07) is 3.90. The molecule has 0 aliphatic carbocycles. The smallest absolute Gasteiger partial charge is 0.321 e. The molecule has 6 nitrogen and oxygen atoms in total. The maximum atomic E-state index is 14.1. The third-order valence-electron chi connectivity index (χ3n) is 3.91. The van der Waals surface area contributed by atoms with Crippen molar-refractivity contribution >= 4 is 17.6 Å². The highest BCUT2D eigenvalue weighted by molar-refractivity contribution is 5.98. The van der Waals surface area contributed by atoms with Gasteiger partial charge in [0.15, 0.2) is 0 Å². The number of benzene rings is 1. The summed E-state index contributed by atoms with van der Waals surface area (Å²) in [5.41, 5.74) is 5.89. The number of amides is 3. The number of halogens is 1. The van der Waals surface area contributed by atoms with Gasteiger partial charge in [-0.25, -0.2) is 9.18 Å². The first kappa shape index (κ1) is 17.2. The van der Waals surface area contributed by atoms with Gasteiger partial charge in [0, 0.05) is 32.4 Å². The number of rotatable bonds is 5. The monoisotopic (exact) mass is 322 g/mol. The molecule has 1 aromatic carbocycles. The zero-order chi connectivity index (χ0) is 17.2. The highest BCUT2D eigenvalue weighted by Crippen LogP contribution is 2.23. The van der Waals surface area contributed by atoms with Gasteiger partial charge in [-0.2, -0.15) is 0 Å². The van der Waals surface area contributed by atoms with Crippen molar-refractivity contribution in [1.29, 1.82) is 0 Å². The van der Waals surface area contributed by atoms with Gasteiger partial charge in [-0.3, -0.25) is 9.69 Å². The number of anilines is 1. The van der Waals surface area contributed by atoms with E-state index in [1.165, 1.54) is 28.0 Å². The number of urea groups is 1. The molecule has 0 radical (unpaired) electrons. The van der Waals surface area contributed by atoms with Crippen molar-refractivity contribution in [3.63, 3.8) is 0 Å². The van der Waals surface area contributed by atoms with E-state index in [1.807, 2.05) is 13.8 Å². The van der Waals surface area contributed by atoms with Crippen molar-refractivity contribution in [1.82, 2.24) is 10.2 Å². The largest absolute Gasteiger partial charge is 0.341 e. The third kappa shape index (κ3) is 3.79. The predicted molar refractivity (Wildman–Crippen MR) is 86.9 cm³/mol. The SMILES string of the molecule is CN(CC(C)(C)CN)C(=O)c1cc(N2CCNC2=O)ccc1F. The van der Waals surface area contributed by atoms with E-state index in [2.05, 4.69) is 5.32 Å². The summed E-state index contributed by atoms with van der Waals surface area (Å²) in [6.07, 6.45) is 0. The van der Waals surface area contributed by atoms with E-state index >= 15 is 0 Å². The second-order valence-corrected chi connectivity index (χ2v) is 6.58. The summed E-state index contributed by atoms with van der Waals surface area (Å²) >= 11 is 0. The van der Waals surface area contributed by atoms with Crippen LogP contribution >= 0.6 is 0 Å². The lowest BCUT2D eigenvalue weighted by molar-refractivity contribution is 0.0736. The number of hydrogen-bond acceptors (Lipinski definition) is 3. The maximum Gasteiger partial charge on any atom is 0.321 e. The number of carbonyl (C=O) groups is 2. The summed E-state index contributed by atoms with van der Waals surface area (Å²) in [6.45, 7) is 5.74. The minimum Gasteiger partial charge on any atom is -0.341 e. The van der Waals surface area contributed by atoms with Crippen LogP contribution < -0.4 is 16.0 Å². The van der Waals surface area contributed by atoms with Crippen LogP contribution in [0.2, 0.25) is 0 Å². The molecule has 1 heterocycles. The van der Waals surface area contributed by atoms with Gasteiger partial charge in [0.25, 0.3) is 5.91 Å². The van der Waals surface area contributed by atoms with E-state index in [-0.39, 0.29) is 17.0 Å². The van der Waals surface area contributed by atoms with Crippen molar-refractivity contribution in [2.45, 2.75) is 13.8 Å². The summed E-state index contributed by atoms with van der Waals surface area (Å²) in [7, 11) is 1.62. The van der Waals surface area contributed by atoms with Gasteiger partial charge < -0.3 is 16.0 Å². The van der Waals surface area contributed by atoms with Crippen LogP contribution in [0.1, 0.15) is 24.2 Å². The van der Waals surface area contributed by atoms with Gasteiger partial charge in [0.2, 0.25) is 0 Å². The number of carbonyl (C=O) groups excluding carboxylic acids is 2. The molecule has 0 unspecified atom stereocenters. The van der Waals surface area contributed by atoms with E-state index < -0.39 is 11.7 Å².